The Kier molecular flexibility index (Phi) is 7.54. The Hall–Kier alpha value is -2.75. The average molecular weight is 508 g/mol. The predicted octanol–water partition coefficient (Wildman–Crippen LogP) is 4.46. The molecule has 0 N–H and O–H groups in total. The maximum atomic E-state index is 14.9. The molecule has 0 radical (unpaired) electrons. The molecule has 1 fully saturated rings. The Balaban J connectivity index is 1.54. The Morgan fingerprint density at radius 3 is 2.47 bits per heavy atom. The monoisotopic (exact) mass is 507 g/mol. The summed E-state index contributed by atoms with van der Waals surface area (Å²) in [6.45, 7) is 8.28. The minimum absolute atomic E-state index is 0.00891. The number of aryl methyl sites for hydroxylation is 1. The van der Waals surface area contributed by atoms with Crippen molar-refractivity contribution >= 4 is 11.7 Å². The van der Waals surface area contributed by atoms with Crippen molar-refractivity contribution in [2.24, 2.45) is 0 Å². The lowest BCUT2D eigenvalue weighted by molar-refractivity contribution is -0.137. The van der Waals surface area contributed by atoms with E-state index in [-0.39, 0.29) is 24.1 Å². The number of likely N-dealkylation sites (N-methyl/N-ethyl adjacent to an activating group) is 1. The average Bonchev–Trinajstić information content (AvgIpc) is 3.22. The third kappa shape index (κ3) is 5.33. The summed E-state index contributed by atoms with van der Waals surface area (Å²) >= 11 is 0. The molecular formula is C26H33F4N5O. The molecule has 6 nitrogen and oxygen atoms in total. The molecule has 1 aromatic carbocycles. The van der Waals surface area contributed by atoms with Crippen LogP contribution in [0.5, 0.6) is 0 Å². The summed E-state index contributed by atoms with van der Waals surface area (Å²) in [6.07, 6.45) is -1.07. The fourth-order valence-electron chi connectivity index (χ4n) is 5.03. The fraction of sp³-hybridized carbons (Fsp3) is 0.577. The van der Waals surface area contributed by atoms with Gasteiger partial charge in [-0.05, 0) is 51.8 Å². The fourth-order valence-corrected chi connectivity index (χ4v) is 5.03. The molecule has 1 aromatic heterocycles. The van der Waals surface area contributed by atoms with E-state index in [1.165, 1.54) is 5.56 Å². The summed E-state index contributed by atoms with van der Waals surface area (Å²) in [7, 11) is 1.82. The summed E-state index contributed by atoms with van der Waals surface area (Å²) in [5, 5.41) is 0. The Bertz CT molecular complexity index is 1100. The number of hydrogen-bond donors (Lipinski definition) is 0. The maximum absolute atomic E-state index is 14.9. The van der Waals surface area contributed by atoms with E-state index in [1.807, 2.05) is 25.8 Å². The van der Waals surface area contributed by atoms with Crippen LogP contribution >= 0.6 is 0 Å². The number of carbonyl (C=O) groups is 1. The number of piperazine rings is 1. The van der Waals surface area contributed by atoms with Gasteiger partial charge in [-0.2, -0.15) is 13.2 Å². The van der Waals surface area contributed by atoms with Gasteiger partial charge in [0, 0.05) is 55.6 Å². The number of alkyl halides is 3. The Morgan fingerprint density at radius 2 is 1.86 bits per heavy atom. The highest BCUT2D eigenvalue weighted by molar-refractivity contribution is 5.84. The number of rotatable bonds is 6. The highest BCUT2D eigenvalue weighted by atomic mass is 19.4. The van der Waals surface area contributed by atoms with Crippen LogP contribution in [0.3, 0.4) is 0 Å². The quantitative estimate of drug-likeness (QED) is 0.541. The number of amides is 1. The number of halogens is 4. The first-order valence-electron chi connectivity index (χ1n) is 12.4. The van der Waals surface area contributed by atoms with E-state index in [4.69, 9.17) is 0 Å². The van der Waals surface area contributed by atoms with E-state index >= 15 is 0 Å². The van der Waals surface area contributed by atoms with Gasteiger partial charge < -0.3 is 14.7 Å². The first kappa shape index (κ1) is 26.3. The predicted molar refractivity (Wildman–Crippen MR) is 129 cm³/mol. The first-order valence-corrected chi connectivity index (χ1v) is 12.4. The zero-order valence-electron chi connectivity index (χ0n) is 21.1. The second-order valence-electron chi connectivity index (χ2n) is 10.1. The molecule has 10 heteroatoms. The van der Waals surface area contributed by atoms with E-state index in [1.54, 1.807) is 11.2 Å². The summed E-state index contributed by atoms with van der Waals surface area (Å²) in [4.78, 5) is 28.4. The van der Waals surface area contributed by atoms with Gasteiger partial charge in [0.2, 0.25) is 5.91 Å². The molecule has 1 saturated heterocycles. The van der Waals surface area contributed by atoms with E-state index in [9.17, 15) is 22.4 Å². The van der Waals surface area contributed by atoms with Gasteiger partial charge in [-0.3, -0.25) is 4.79 Å². The molecule has 0 unspecified atom stereocenters. The SMILES string of the molecule is CC(C)N(C)C[C@@H](C(=O)N1CCN(c2ncnc3c2[C@H](C)CC3)CC1)c1ccc(C(F)(F)F)cc1F. The number of benzene rings is 1. The molecule has 1 amide bonds. The lowest BCUT2D eigenvalue weighted by Crippen LogP contribution is -2.51. The molecule has 196 valence electrons. The van der Waals surface area contributed by atoms with Crippen molar-refractivity contribution in [1.82, 2.24) is 19.8 Å². The van der Waals surface area contributed by atoms with Crippen LogP contribution in [0.1, 0.15) is 61.4 Å². The van der Waals surface area contributed by atoms with Crippen molar-refractivity contribution in [3.63, 3.8) is 0 Å². The van der Waals surface area contributed by atoms with Gasteiger partial charge in [-0.25, -0.2) is 14.4 Å². The van der Waals surface area contributed by atoms with E-state index in [0.717, 1.165) is 36.5 Å². The second-order valence-corrected chi connectivity index (χ2v) is 10.1. The van der Waals surface area contributed by atoms with Gasteiger partial charge in [0.25, 0.3) is 0 Å². The first-order chi connectivity index (χ1) is 17.0. The standard InChI is InChI=1S/C26H33F4N5O/c1-16(2)33(4)14-20(19-7-6-18(13-21(19)27)26(28,29)30)25(36)35-11-9-34(10-12-35)24-23-17(3)5-8-22(23)31-15-32-24/h6-7,13,15-17,20H,5,8-12,14H2,1-4H3/t17-,20-/m1/s1. The van der Waals surface area contributed by atoms with Crippen molar-refractivity contribution in [1.29, 1.82) is 0 Å². The Labute approximate surface area is 209 Å². The highest BCUT2D eigenvalue weighted by Gasteiger charge is 2.36. The van der Waals surface area contributed by atoms with Gasteiger partial charge in [-0.1, -0.05) is 13.0 Å². The molecule has 0 saturated carbocycles. The van der Waals surface area contributed by atoms with Gasteiger partial charge >= 0.3 is 6.18 Å². The van der Waals surface area contributed by atoms with Crippen molar-refractivity contribution in [3.05, 3.63) is 52.7 Å². The van der Waals surface area contributed by atoms with Crippen molar-refractivity contribution < 1.29 is 22.4 Å². The smallest absolute Gasteiger partial charge is 0.353 e. The second kappa shape index (κ2) is 10.3. The summed E-state index contributed by atoms with van der Waals surface area (Å²) in [5.41, 5.74) is 1.19. The minimum atomic E-state index is -4.65. The highest BCUT2D eigenvalue weighted by Crippen LogP contribution is 2.37. The van der Waals surface area contributed by atoms with Crippen LogP contribution in [-0.2, 0) is 17.4 Å². The van der Waals surface area contributed by atoms with Crippen LogP contribution in [0.2, 0.25) is 0 Å². The number of anilines is 1. The van der Waals surface area contributed by atoms with Gasteiger partial charge in [0.05, 0.1) is 11.5 Å². The zero-order valence-corrected chi connectivity index (χ0v) is 21.1. The third-order valence-corrected chi connectivity index (χ3v) is 7.50. The normalized spacial score (nSPS) is 19.2. The van der Waals surface area contributed by atoms with Gasteiger partial charge in [-0.15, -0.1) is 0 Å². The van der Waals surface area contributed by atoms with Crippen LogP contribution in [-0.4, -0.2) is 71.5 Å². The van der Waals surface area contributed by atoms with Gasteiger partial charge in [0.15, 0.2) is 0 Å². The van der Waals surface area contributed by atoms with Crippen LogP contribution < -0.4 is 4.90 Å². The summed E-state index contributed by atoms with van der Waals surface area (Å²) in [5.74, 6) is -0.891. The van der Waals surface area contributed by atoms with Crippen LogP contribution in [0.25, 0.3) is 0 Å². The molecule has 2 heterocycles. The third-order valence-electron chi connectivity index (χ3n) is 7.50. The number of nitrogens with zero attached hydrogens (tertiary/aromatic N) is 5. The van der Waals surface area contributed by atoms with E-state index < -0.39 is 23.5 Å². The van der Waals surface area contributed by atoms with Gasteiger partial charge in [0.1, 0.15) is 18.0 Å². The van der Waals surface area contributed by atoms with Crippen LogP contribution in [0, 0.1) is 5.82 Å². The Morgan fingerprint density at radius 1 is 1.17 bits per heavy atom. The van der Waals surface area contributed by atoms with E-state index in [2.05, 4.69) is 21.8 Å². The number of aromatic nitrogens is 2. The zero-order chi connectivity index (χ0) is 26.2. The van der Waals surface area contributed by atoms with E-state index in [0.29, 0.717) is 38.2 Å². The molecule has 2 atom stereocenters. The van der Waals surface area contributed by atoms with Crippen molar-refractivity contribution in [3.8, 4) is 0 Å². The largest absolute Gasteiger partial charge is 0.416 e. The molecule has 0 bridgehead atoms. The molecule has 36 heavy (non-hydrogen) atoms. The number of carbonyl (C=O) groups excluding carboxylic acids is 1. The number of fused-ring (bicyclic) bond motifs is 1. The number of hydrogen-bond acceptors (Lipinski definition) is 5. The molecule has 4 rings (SSSR count). The van der Waals surface area contributed by atoms with Crippen LogP contribution in [0.4, 0.5) is 23.4 Å². The molecule has 2 aromatic rings. The molecule has 1 aliphatic carbocycles. The molecule has 1 aliphatic heterocycles. The lowest BCUT2D eigenvalue weighted by Gasteiger charge is -2.38. The van der Waals surface area contributed by atoms with Crippen LogP contribution in [0.15, 0.2) is 24.5 Å². The topological polar surface area (TPSA) is 52.6 Å². The summed E-state index contributed by atoms with van der Waals surface area (Å²) < 4.78 is 54.2. The van der Waals surface area contributed by atoms with Crippen molar-refractivity contribution in [2.45, 2.75) is 57.7 Å². The molecule has 2 aliphatic rings. The summed E-state index contributed by atoms with van der Waals surface area (Å²) in [6, 6.07) is 2.52. The maximum Gasteiger partial charge on any atom is 0.416 e. The molecule has 0 spiro atoms. The molecular weight excluding hydrogens is 474 g/mol. The van der Waals surface area contributed by atoms with Crippen molar-refractivity contribution in [2.75, 3.05) is 44.7 Å². The minimum Gasteiger partial charge on any atom is -0.353 e. The lowest BCUT2D eigenvalue weighted by atomic mass is 9.94.